The molecule has 2 fully saturated rings. The number of aromatic nitrogens is 1. The van der Waals surface area contributed by atoms with Gasteiger partial charge in [-0.05, 0) is 81.7 Å². The Morgan fingerprint density at radius 3 is 2.55 bits per heavy atom. The lowest BCUT2D eigenvalue weighted by atomic mass is 9.87. The lowest BCUT2D eigenvalue weighted by Crippen LogP contribution is -2.52. The first-order chi connectivity index (χ1) is 16.0. The highest BCUT2D eigenvalue weighted by atomic mass is 35.5. The summed E-state index contributed by atoms with van der Waals surface area (Å²) in [4.78, 5) is 22.4. The smallest absolute Gasteiger partial charge is 0.319 e. The maximum atomic E-state index is 12.8. The number of hydrogen-bond acceptors (Lipinski definition) is 5. The van der Waals surface area contributed by atoms with Gasteiger partial charge in [-0.15, -0.1) is 0 Å². The third-order valence-corrected chi connectivity index (χ3v) is 7.10. The lowest BCUT2D eigenvalue weighted by Gasteiger charge is -2.41. The largest absolute Gasteiger partial charge is 0.495 e. The number of nitrogens with zero attached hydrogens (tertiary/aromatic N) is 3. The molecule has 2 amide bonds. The van der Waals surface area contributed by atoms with E-state index in [0.29, 0.717) is 5.02 Å². The highest BCUT2D eigenvalue weighted by Crippen LogP contribution is 2.29. The predicted octanol–water partition coefficient (Wildman–Crippen LogP) is 4.07. The normalized spacial score (nSPS) is 22.6. The van der Waals surface area contributed by atoms with Crippen molar-refractivity contribution >= 4 is 23.3 Å². The minimum Gasteiger partial charge on any atom is -0.495 e. The molecule has 1 aromatic carbocycles. The Morgan fingerprint density at radius 1 is 1.12 bits per heavy atom. The molecule has 8 heteroatoms. The summed E-state index contributed by atoms with van der Waals surface area (Å²) in [5, 5.41) is 6.76. The Kier molecular flexibility index (Phi) is 8.06. The van der Waals surface area contributed by atoms with Gasteiger partial charge in [0.25, 0.3) is 0 Å². The minimum absolute atomic E-state index is 0.00642. The van der Waals surface area contributed by atoms with Gasteiger partial charge < -0.3 is 25.2 Å². The molecule has 0 radical (unpaired) electrons. The fourth-order valence-electron chi connectivity index (χ4n) is 4.87. The number of nitrogens with one attached hydrogen (secondary N) is 2. The van der Waals surface area contributed by atoms with Crippen LogP contribution in [0.25, 0.3) is 0 Å². The van der Waals surface area contributed by atoms with Crippen molar-refractivity contribution in [3.05, 3.63) is 53.3 Å². The molecule has 0 saturated carbocycles. The summed E-state index contributed by atoms with van der Waals surface area (Å²) in [5.41, 5.74) is 1.70. The van der Waals surface area contributed by atoms with Crippen molar-refractivity contribution < 1.29 is 9.53 Å². The third kappa shape index (κ3) is 6.59. The number of urea groups is 1. The van der Waals surface area contributed by atoms with Gasteiger partial charge in [0.05, 0.1) is 13.3 Å². The average molecular weight is 472 g/mol. The molecule has 2 aromatic rings. The van der Waals surface area contributed by atoms with Crippen LogP contribution >= 0.6 is 11.6 Å². The molecule has 2 aliphatic heterocycles. The van der Waals surface area contributed by atoms with Crippen molar-refractivity contribution in [2.75, 3.05) is 52.2 Å². The van der Waals surface area contributed by atoms with Crippen LogP contribution in [0.4, 0.5) is 10.5 Å². The van der Waals surface area contributed by atoms with Gasteiger partial charge in [-0.3, -0.25) is 4.98 Å². The van der Waals surface area contributed by atoms with E-state index in [1.54, 1.807) is 37.6 Å². The molecule has 2 aliphatic rings. The third-order valence-electron chi connectivity index (χ3n) is 6.84. The van der Waals surface area contributed by atoms with E-state index in [9.17, 15) is 4.79 Å². The topological polar surface area (TPSA) is 69.7 Å². The predicted molar refractivity (Wildman–Crippen MR) is 132 cm³/mol. The van der Waals surface area contributed by atoms with Crippen molar-refractivity contribution in [3.8, 4) is 5.75 Å². The molecule has 2 atom stereocenters. The summed E-state index contributed by atoms with van der Waals surface area (Å²) in [5.74, 6) is 1.60. The molecule has 0 spiro atoms. The summed E-state index contributed by atoms with van der Waals surface area (Å²) in [7, 11) is 3.85. The van der Waals surface area contributed by atoms with Gasteiger partial charge in [0, 0.05) is 48.0 Å². The SMILES string of the molecule is COc1ccc([C@@H]2CN(CC3CCN(C)CC3)CC[C@H]2NC(=O)Nc2ccc(Cl)cc2)nc1. The van der Waals surface area contributed by atoms with E-state index in [4.69, 9.17) is 16.3 Å². The van der Waals surface area contributed by atoms with E-state index in [2.05, 4.69) is 32.5 Å². The lowest BCUT2D eigenvalue weighted by molar-refractivity contribution is 0.123. The second-order valence-electron chi connectivity index (χ2n) is 9.24. The van der Waals surface area contributed by atoms with Gasteiger partial charge in [-0.25, -0.2) is 4.79 Å². The number of carbonyl (C=O) groups is 1. The second-order valence-corrected chi connectivity index (χ2v) is 9.67. The van der Waals surface area contributed by atoms with E-state index < -0.39 is 0 Å². The van der Waals surface area contributed by atoms with Crippen LogP contribution in [0.5, 0.6) is 5.75 Å². The number of amides is 2. The van der Waals surface area contributed by atoms with Gasteiger partial charge >= 0.3 is 6.03 Å². The first kappa shape index (κ1) is 23.8. The maximum Gasteiger partial charge on any atom is 0.319 e. The summed E-state index contributed by atoms with van der Waals surface area (Å²) < 4.78 is 5.29. The standard InChI is InChI=1S/C25H34ClN5O2/c1-30-12-9-18(10-13-30)16-31-14-11-24(22(17-31)23-8-7-21(33-2)15-27-23)29-25(32)28-20-5-3-19(26)4-6-20/h3-8,15,18,22,24H,9-14,16-17H2,1-2H3,(H2,28,29,32)/t22-,24+/m0/s1. The quantitative estimate of drug-likeness (QED) is 0.664. The van der Waals surface area contributed by atoms with Gasteiger partial charge in [0.15, 0.2) is 0 Å². The van der Waals surface area contributed by atoms with Crippen LogP contribution in [0.3, 0.4) is 0 Å². The van der Waals surface area contributed by atoms with Crippen molar-refractivity contribution in [2.45, 2.75) is 31.2 Å². The minimum atomic E-state index is -0.204. The van der Waals surface area contributed by atoms with Crippen LogP contribution < -0.4 is 15.4 Å². The molecule has 3 heterocycles. The molecule has 0 unspecified atom stereocenters. The van der Waals surface area contributed by atoms with Crippen LogP contribution in [-0.2, 0) is 0 Å². The fraction of sp³-hybridized carbons (Fsp3) is 0.520. The molecule has 2 N–H and O–H groups in total. The second kappa shape index (κ2) is 11.2. The number of pyridine rings is 1. The molecule has 2 saturated heterocycles. The molecule has 0 aliphatic carbocycles. The number of carbonyl (C=O) groups excluding carboxylic acids is 1. The van der Waals surface area contributed by atoms with E-state index in [1.807, 2.05) is 12.1 Å². The van der Waals surface area contributed by atoms with Crippen molar-refractivity contribution in [2.24, 2.45) is 5.92 Å². The van der Waals surface area contributed by atoms with Crippen molar-refractivity contribution in [1.29, 1.82) is 0 Å². The number of hydrogen-bond donors (Lipinski definition) is 2. The number of rotatable bonds is 6. The van der Waals surface area contributed by atoms with E-state index in [0.717, 1.165) is 49.1 Å². The maximum absolute atomic E-state index is 12.8. The average Bonchev–Trinajstić information content (AvgIpc) is 2.83. The van der Waals surface area contributed by atoms with Crippen LogP contribution in [0.15, 0.2) is 42.6 Å². The molecule has 1 aromatic heterocycles. The molecule has 0 bridgehead atoms. The summed E-state index contributed by atoms with van der Waals surface area (Å²) >= 11 is 5.95. The zero-order chi connectivity index (χ0) is 23.2. The Balaban J connectivity index is 1.42. The van der Waals surface area contributed by atoms with Crippen LogP contribution in [0, 0.1) is 5.92 Å². The van der Waals surface area contributed by atoms with Gasteiger partial charge in [-0.2, -0.15) is 0 Å². The molecule has 4 rings (SSSR count). The van der Waals surface area contributed by atoms with Crippen molar-refractivity contribution in [3.63, 3.8) is 0 Å². The van der Waals surface area contributed by atoms with Crippen LogP contribution in [0.1, 0.15) is 30.9 Å². The molecule has 7 nitrogen and oxygen atoms in total. The number of ether oxygens (including phenoxy) is 1. The number of likely N-dealkylation sites (tertiary alicyclic amines) is 2. The van der Waals surface area contributed by atoms with Crippen molar-refractivity contribution in [1.82, 2.24) is 20.1 Å². The number of methoxy groups -OCH3 is 1. The first-order valence-electron chi connectivity index (χ1n) is 11.7. The fourth-order valence-corrected chi connectivity index (χ4v) is 4.99. The number of benzene rings is 1. The Morgan fingerprint density at radius 2 is 1.88 bits per heavy atom. The van der Waals surface area contributed by atoms with Crippen LogP contribution in [0.2, 0.25) is 5.02 Å². The number of halogens is 1. The first-order valence-corrected chi connectivity index (χ1v) is 12.1. The van der Waals surface area contributed by atoms with Gasteiger partial charge in [0.1, 0.15) is 5.75 Å². The molecule has 178 valence electrons. The Hall–Kier alpha value is -2.35. The summed E-state index contributed by atoms with van der Waals surface area (Å²) in [6.45, 7) is 5.33. The highest BCUT2D eigenvalue weighted by molar-refractivity contribution is 6.30. The van der Waals surface area contributed by atoms with Gasteiger partial charge in [-0.1, -0.05) is 11.6 Å². The van der Waals surface area contributed by atoms with E-state index in [-0.39, 0.29) is 18.0 Å². The Bertz CT molecular complexity index is 900. The number of piperidine rings is 2. The number of anilines is 1. The van der Waals surface area contributed by atoms with Crippen LogP contribution in [-0.4, -0.2) is 73.7 Å². The van der Waals surface area contributed by atoms with E-state index >= 15 is 0 Å². The summed E-state index contributed by atoms with van der Waals surface area (Å²) in [6, 6.07) is 10.9. The molecular weight excluding hydrogens is 438 g/mol. The molecule has 33 heavy (non-hydrogen) atoms. The zero-order valence-electron chi connectivity index (χ0n) is 19.5. The molecular formula is C25H34ClN5O2. The highest BCUT2D eigenvalue weighted by Gasteiger charge is 2.33. The Labute approximate surface area is 201 Å². The zero-order valence-corrected chi connectivity index (χ0v) is 20.2. The van der Waals surface area contributed by atoms with E-state index in [1.165, 1.54) is 25.9 Å². The van der Waals surface area contributed by atoms with Gasteiger partial charge in [0.2, 0.25) is 0 Å². The summed E-state index contributed by atoms with van der Waals surface area (Å²) in [6.07, 6.45) is 5.16. The monoisotopic (exact) mass is 471 g/mol.